The van der Waals surface area contributed by atoms with E-state index in [1.54, 1.807) is 17.4 Å². The number of hydrogen-bond donors (Lipinski definition) is 2. The van der Waals surface area contributed by atoms with Gasteiger partial charge in [-0.15, -0.1) is 11.3 Å². The van der Waals surface area contributed by atoms with Gasteiger partial charge in [0.15, 0.2) is 5.11 Å². The van der Waals surface area contributed by atoms with E-state index in [4.69, 9.17) is 17.2 Å². The highest BCUT2D eigenvalue weighted by atomic mass is 32.1. The van der Waals surface area contributed by atoms with Crippen molar-refractivity contribution in [3.05, 3.63) is 83.9 Å². The first-order chi connectivity index (χ1) is 13.6. The second-order valence-electron chi connectivity index (χ2n) is 6.26. The number of carbonyl (C=O) groups is 1. The second kappa shape index (κ2) is 7.88. The molecule has 28 heavy (non-hydrogen) atoms. The van der Waals surface area contributed by atoms with Crippen LogP contribution in [0.3, 0.4) is 0 Å². The minimum absolute atomic E-state index is 0.229. The average molecular weight is 404 g/mol. The number of nitrogens with one attached hydrogen (secondary N) is 2. The molecule has 0 aliphatic rings. The van der Waals surface area contributed by atoms with Crippen LogP contribution in [0.4, 0.5) is 5.69 Å². The number of aryl methyl sites for hydroxylation is 1. The number of fused-ring (bicyclic) bond motifs is 1. The molecule has 6 heteroatoms. The van der Waals surface area contributed by atoms with E-state index in [2.05, 4.69) is 16.7 Å². The summed E-state index contributed by atoms with van der Waals surface area (Å²) in [4.78, 5) is 17.2. The third-order valence-electron chi connectivity index (χ3n) is 4.32. The fraction of sp³-hybridized carbons (Fsp3) is 0.0455. The van der Waals surface area contributed by atoms with Crippen LogP contribution in [0.2, 0.25) is 0 Å². The summed E-state index contributed by atoms with van der Waals surface area (Å²) >= 11 is 6.99. The summed E-state index contributed by atoms with van der Waals surface area (Å²) in [5.74, 6) is -0.229. The summed E-state index contributed by atoms with van der Waals surface area (Å²) in [6.45, 7) is 1.90. The van der Waals surface area contributed by atoms with Crippen molar-refractivity contribution in [2.45, 2.75) is 6.92 Å². The lowest BCUT2D eigenvalue weighted by Gasteiger charge is -2.13. The van der Waals surface area contributed by atoms with Crippen molar-refractivity contribution in [3.63, 3.8) is 0 Å². The molecule has 0 atom stereocenters. The van der Waals surface area contributed by atoms with Gasteiger partial charge in [-0.25, -0.2) is 4.98 Å². The number of thiocarbonyl (C=S) groups is 1. The number of rotatable bonds is 3. The first kappa shape index (κ1) is 18.3. The van der Waals surface area contributed by atoms with E-state index in [1.165, 1.54) is 0 Å². The number of benzene rings is 3. The van der Waals surface area contributed by atoms with Crippen molar-refractivity contribution >= 4 is 50.5 Å². The van der Waals surface area contributed by atoms with Crippen LogP contribution in [0.5, 0.6) is 0 Å². The largest absolute Gasteiger partial charge is 0.332 e. The predicted molar refractivity (Wildman–Crippen MR) is 120 cm³/mol. The van der Waals surface area contributed by atoms with Crippen molar-refractivity contribution in [1.29, 1.82) is 0 Å². The Balaban J connectivity index is 1.56. The summed E-state index contributed by atoms with van der Waals surface area (Å²) in [6.07, 6.45) is 0. The van der Waals surface area contributed by atoms with Gasteiger partial charge in [0.25, 0.3) is 5.91 Å². The van der Waals surface area contributed by atoms with Crippen molar-refractivity contribution in [1.82, 2.24) is 10.3 Å². The molecule has 0 saturated heterocycles. The van der Waals surface area contributed by atoms with Crippen LogP contribution < -0.4 is 10.6 Å². The van der Waals surface area contributed by atoms with Crippen LogP contribution in [0.15, 0.2) is 72.8 Å². The summed E-state index contributed by atoms with van der Waals surface area (Å²) < 4.78 is 1.13. The summed E-state index contributed by atoms with van der Waals surface area (Å²) in [6, 6.07) is 23.2. The average Bonchev–Trinajstić information content (AvgIpc) is 3.12. The summed E-state index contributed by atoms with van der Waals surface area (Å²) in [5.41, 5.74) is 4.21. The first-order valence-corrected chi connectivity index (χ1v) is 9.97. The maximum atomic E-state index is 12.5. The van der Waals surface area contributed by atoms with Crippen molar-refractivity contribution in [3.8, 4) is 10.6 Å². The molecule has 0 fully saturated rings. The minimum Gasteiger partial charge on any atom is -0.332 e. The maximum absolute atomic E-state index is 12.5. The number of anilines is 1. The van der Waals surface area contributed by atoms with E-state index >= 15 is 0 Å². The van der Waals surface area contributed by atoms with E-state index in [0.717, 1.165) is 32.0 Å². The van der Waals surface area contributed by atoms with E-state index < -0.39 is 0 Å². The molecule has 1 amide bonds. The molecule has 3 aromatic carbocycles. The lowest BCUT2D eigenvalue weighted by Crippen LogP contribution is -2.34. The minimum atomic E-state index is -0.229. The second-order valence-corrected chi connectivity index (χ2v) is 7.69. The van der Waals surface area contributed by atoms with Crippen LogP contribution in [0, 0.1) is 6.92 Å². The number of amides is 1. The molecule has 138 valence electrons. The number of thiazole rings is 1. The van der Waals surface area contributed by atoms with E-state index in [1.807, 2.05) is 67.6 Å². The van der Waals surface area contributed by atoms with E-state index in [9.17, 15) is 4.79 Å². The molecule has 2 N–H and O–H groups in total. The number of aromatic nitrogens is 1. The Morgan fingerprint density at radius 2 is 1.68 bits per heavy atom. The lowest BCUT2D eigenvalue weighted by atomic mass is 10.1. The van der Waals surface area contributed by atoms with Gasteiger partial charge >= 0.3 is 0 Å². The molecular formula is C22H17N3OS2. The van der Waals surface area contributed by atoms with Crippen molar-refractivity contribution < 1.29 is 4.79 Å². The Bertz CT molecular complexity index is 1150. The zero-order valence-corrected chi connectivity index (χ0v) is 16.7. The SMILES string of the molecule is Cc1ccccc1C(=O)NC(=S)Nc1ccccc1-c1nc2ccccc2s1. The highest BCUT2D eigenvalue weighted by molar-refractivity contribution is 7.80. The van der Waals surface area contributed by atoms with Crippen LogP contribution in [-0.2, 0) is 0 Å². The zero-order valence-electron chi connectivity index (χ0n) is 15.1. The highest BCUT2D eigenvalue weighted by Gasteiger charge is 2.13. The van der Waals surface area contributed by atoms with Crippen LogP contribution in [0.25, 0.3) is 20.8 Å². The molecule has 0 unspecified atom stereocenters. The molecule has 0 aliphatic carbocycles. The fourth-order valence-corrected chi connectivity index (χ4v) is 4.13. The molecule has 4 rings (SSSR count). The van der Waals surface area contributed by atoms with Crippen molar-refractivity contribution in [2.75, 3.05) is 5.32 Å². The smallest absolute Gasteiger partial charge is 0.257 e. The van der Waals surface area contributed by atoms with E-state index in [0.29, 0.717) is 5.56 Å². The Morgan fingerprint density at radius 3 is 2.50 bits per heavy atom. The van der Waals surface area contributed by atoms with Gasteiger partial charge in [0.1, 0.15) is 5.01 Å². The zero-order chi connectivity index (χ0) is 19.5. The number of carbonyl (C=O) groups excluding carboxylic acids is 1. The number of hydrogen-bond acceptors (Lipinski definition) is 4. The molecule has 4 aromatic rings. The molecule has 4 nitrogen and oxygen atoms in total. The molecule has 0 saturated carbocycles. The highest BCUT2D eigenvalue weighted by Crippen LogP contribution is 2.34. The maximum Gasteiger partial charge on any atom is 0.257 e. The molecule has 0 spiro atoms. The molecule has 0 aliphatic heterocycles. The molecule has 0 bridgehead atoms. The Kier molecular flexibility index (Phi) is 5.14. The topological polar surface area (TPSA) is 54.0 Å². The lowest BCUT2D eigenvalue weighted by molar-refractivity contribution is 0.0977. The van der Waals surface area contributed by atoms with Crippen LogP contribution in [-0.4, -0.2) is 16.0 Å². The van der Waals surface area contributed by atoms with Gasteiger partial charge < -0.3 is 5.32 Å². The molecule has 1 heterocycles. The Morgan fingerprint density at radius 1 is 0.964 bits per heavy atom. The summed E-state index contributed by atoms with van der Waals surface area (Å²) in [5, 5.41) is 7.05. The van der Waals surface area contributed by atoms with Gasteiger partial charge in [0.2, 0.25) is 0 Å². The van der Waals surface area contributed by atoms with Gasteiger partial charge in [-0.3, -0.25) is 10.1 Å². The first-order valence-electron chi connectivity index (χ1n) is 8.75. The van der Waals surface area contributed by atoms with E-state index in [-0.39, 0.29) is 11.0 Å². The van der Waals surface area contributed by atoms with Crippen LogP contribution >= 0.6 is 23.6 Å². The quantitative estimate of drug-likeness (QED) is 0.450. The van der Waals surface area contributed by atoms with Gasteiger partial charge in [-0.1, -0.05) is 42.5 Å². The molecular weight excluding hydrogens is 386 g/mol. The van der Waals surface area contributed by atoms with Gasteiger partial charge in [-0.2, -0.15) is 0 Å². The predicted octanol–water partition coefficient (Wildman–Crippen LogP) is 5.40. The third-order valence-corrected chi connectivity index (χ3v) is 5.59. The third kappa shape index (κ3) is 3.78. The normalized spacial score (nSPS) is 10.6. The molecule has 0 radical (unpaired) electrons. The standard InChI is InChI=1S/C22H17N3OS2/c1-14-8-2-3-9-15(14)20(26)25-22(27)24-17-11-5-4-10-16(17)21-23-18-12-6-7-13-19(18)28-21/h2-13H,1H3,(H2,24,25,26,27). The van der Waals surface area contributed by atoms with Crippen LogP contribution in [0.1, 0.15) is 15.9 Å². The number of para-hydroxylation sites is 2. The number of nitrogens with zero attached hydrogens (tertiary/aromatic N) is 1. The van der Waals surface area contributed by atoms with Gasteiger partial charge in [-0.05, 0) is 55.0 Å². The monoisotopic (exact) mass is 403 g/mol. The fourth-order valence-electron chi connectivity index (χ4n) is 2.92. The summed E-state index contributed by atoms with van der Waals surface area (Å²) in [7, 11) is 0. The molecule has 1 aromatic heterocycles. The Labute approximate surface area is 172 Å². The Hall–Kier alpha value is -3.09. The van der Waals surface area contributed by atoms with Gasteiger partial charge in [0, 0.05) is 11.1 Å². The van der Waals surface area contributed by atoms with Gasteiger partial charge in [0.05, 0.1) is 15.9 Å². The van der Waals surface area contributed by atoms with Crippen molar-refractivity contribution in [2.24, 2.45) is 0 Å².